The molecule has 1 atom stereocenters. The largest absolute Gasteiger partial charge is 0.345 e. The second-order valence-corrected chi connectivity index (χ2v) is 4.88. The van der Waals surface area contributed by atoms with E-state index in [4.69, 9.17) is 5.26 Å². The number of rotatable bonds is 3. The lowest BCUT2D eigenvalue weighted by Crippen LogP contribution is -2.26. The molecule has 0 saturated carbocycles. The molecule has 0 aliphatic carbocycles. The first-order chi connectivity index (χ1) is 8.70. The van der Waals surface area contributed by atoms with Gasteiger partial charge in [-0.15, -0.1) is 11.3 Å². The molecule has 0 aliphatic rings. The van der Waals surface area contributed by atoms with Crippen LogP contribution < -0.4 is 5.32 Å². The fraction of sp³-hybridized carbons (Fsp3) is 0.143. The Morgan fingerprint density at radius 1 is 1.33 bits per heavy atom. The molecule has 1 aromatic carbocycles. The van der Waals surface area contributed by atoms with Gasteiger partial charge in [-0.3, -0.25) is 4.79 Å². The summed E-state index contributed by atoms with van der Waals surface area (Å²) in [6.45, 7) is 1.95. The Bertz CT molecular complexity index is 567. The summed E-state index contributed by atoms with van der Waals surface area (Å²) in [6, 6.07) is 12.6. The lowest BCUT2D eigenvalue weighted by atomic mass is 10.1. The number of amides is 1. The van der Waals surface area contributed by atoms with E-state index in [0.29, 0.717) is 11.1 Å². The van der Waals surface area contributed by atoms with Gasteiger partial charge in [-0.2, -0.15) is 5.26 Å². The van der Waals surface area contributed by atoms with Crippen molar-refractivity contribution in [2.75, 3.05) is 0 Å². The molecule has 0 aliphatic heterocycles. The number of benzene rings is 1. The minimum Gasteiger partial charge on any atom is -0.345 e. The molecule has 4 heteroatoms. The van der Waals surface area contributed by atoms with E-state index in [2.05, 4.69) is 5.32 Å². The lowest BCUT2D eigenvalue weighted by molar-refractivity contribution is 0.0940. The molecule has 2 aromatic rings. The standard InChI is InChI=1S/C14H12N2OS/c1-10(13-3-2-8-18-13)16-14(17)12-6-4-11(9-15)5-7-12/h2-8,10H,1H3,(H,16,17). The van der Waals surface area contributed by atoms with E-state index in [1.807, 2.05) is 30.5 Å². The number of thiophene rings is 1. The van der Waals surface area contributed by atoms with Gasteiger partial charge < -0.3 is 5.32 Å². The van der Waals surface area contributed by atoms with E-state index in [0.717, 1.165) is 4.88 Å². The molecule has 0 saturated heterocycles. The van der Waals surface area contributed by atoms with Crippen LogP contribution >= 0.6 is 11.3 Å². The first-order valence-electron chi connectivity index (χ1n) is 5.55. The van der Waals surface area contributed by atoms with E-state index in [1.165, 1.54) is 0 Å². The normalized spacial score (nSPS) is 11.6. The van der Waals surface area contributed by atoms with Gasteiger partial charge in [0.2, 0.25) is 0 Å². The summed E-state index contributed by atoms with van der Waals surface area (Å²) in [5, 5.41) is 13.6. The molecule has 1 N–H and O–H groups in total. The smallest absolute Gasteiger partial charge is 0.251 e. The molecule has 1 aromatic heterocycles. The van der Waals surface area contributed by atoms with Crippen molar-refractivity contribution < 1.29 is 4.79 Å². The van der Waals surface area contributed by atoms with Crippen LogP contribution in [0.2, 0.25) is 0 Å². The third-order valence-corrected chi connectivity index (χ3v) is 3.65. The van der Waals surface area contributed by atoms with Crippen LogP contribution in [-0.4, -0.2) is 5.91 Å². The zero-order chi connectivity index (χ0) is 13.0. The molecule has 2 rings (SSSR count). The summed E-state index contributed by atoms with van der Waals surface area (Å²) < 4.78 is 0. The highest BCUT2D eigenvalue weighted by molar-refractivity contribution is 7.10. The van der Waals surface area contributed by atoms with Gasteiger partial charge in [-0.05, 0) is 42.6 Å². The summed E-state index contributed by atoms with van der Waals surface area (Å²) in [5.74, 6) is -0.125. The molecule has 1 unspecified atom stereocenters. The second kappa shape index (κ2) is 5.48. The van der Waals surface area contributed by atoms with Gasteiger partial charge in [0.1, 0.15) is 0 Å². The van der Waals surface area contributed by atoms with E-state index >= 15 is 0 Å². The molecule has 0 bridgehead atoms. The number of carbonyl (C=O) groups is 1. The average molecular weight is 256 g/mol. The van der Waals surface area contributed by atoms with Crippen LogP contribution in [0.3, 0.4) is 0 Å². The first-order valence-corrected chi connectivity index (χ1v) is 6.43. The maximum absolute atomic E-state index is 12.0. The Balaban J connectivity index is 2.05. The highest BCUT2D eigenvalue weighted by atomic mass is 32.1. The maximum atomic E-state index is 12.0. The topological polar surface area (TPSA) is 52.9 Å². The Morgan fingerprint density at radius 3 is 2.61 bits per heavy atom. The van der Waals surface area contributed by atoms with Crippen molar-refractivity contribution in [2.24, 2.45) is 0 Å². The van der Waals surface area contributed by atoms with Crippen molar-refractivity contribution in [3.63, 3.8) is 0 Å². The van der Waals surface area contributed by atoms with E-state index < -0.39 is 0 Å². The highest BCUT2D eigenvalue weighted by Crippen LogP contribution is 2.18. The molecule has 0 fully saturated rings. The van der Waals surface area contributed by atoms with E-state index in [9.17, 15) is 4.79 Å². The van der Waals surface area contributed by atoms with Gasteiger partial charge in [-0.25, -0.2) is 0 Å². The van der Waals surface area contributed by atoms with Gasteiger partial charge in [0.25, 0.3) is 5.91 Å². The Kier molecular flexibility index (Phi) is 3.75. The summed E-state index contributed by atoms with van der Waals surface area (Å²) in [6.07, 6.45) is 0. The zero-order valence-electron chi connectivity index (χ0n) is 9.88. The SMILES string of the molecule is CC(NC(=O)c1ccc(C#N)cc1)c1cccs1. The average Bonchev–Trinajstić information content (AvgIpc) is 2.92. The molecule has 1 heterocycles. The minimum atomic E-state index is -0.125. The number of nitrogens with one attached hydrogen (secondary N) is 1. The quantitative estimate of drug-likeness (QED) is 0.917. The van der Waals surface area contributed by atoms with Crippen molar-refractivity contribution in [2.45, 2.75) is 13.0 Å². The van der Waals surface area contributed by atoms with Gasteiger partial charge in [0, 0.05) is 10.4 Å². The molecule has 90 valence electrons. The fourth-order valence-electron chi connectivity index (χ4n) is 1.58. The fourth-order valence-corrected chi connectivity index (χ4v) is 2.32. The molecule has 3 nitrogen and oxygen atoms in total. The highest BCUT2D eigenvalue weighted by Gasteiger charge is 2.11. The van der Waals surface area contributed by atoms with Crippen LogP contribution in [0.25, 0.3) is 0 Å². The summed E-state index contributed by atoms with van der Waals surface area (Å²) >= 11 is 1.62. The number of hydrogen-bond acceptors (Lipinski definition) is 3. The molecular weight excluding hydrogens is 244 g/mol. The third kappa shape index (κ3) is 2.76. The van der Waals surface area contributed by atoms with Crippen molar-refractivity contribution in [1.29, 1.82) is 5.26 Å². The van der Waals surface area contributed by atoms with Crippen LogP contribution in [0.1, 0.15) is 33.8 Å². The summed E-state index contributed by atoms with van der Waals surface area (Å²) in [7, 11) is 0. The Morgan fingerprint density at radius 2 is 2.06 bits per heavy atom. The Hall–Kier alpha value is -2.12. The third-order valence-electron chi connectivity index (χ3n) is 2.59. The van der Waals surface area contributed by atoms with Crippen LogP contribution in [-0.2, 0) is 0 Å². The summed E-state index contributed by atoms with van der Waals surface area (Å²) in [4.78, 5) is 13.1. The van der Waals surface area contributed by atoms with Crippen LogP contribution in [0.4, 0.5) is 0 Å². The molecule has 1 amide bonds. The van der Waals surface area contributed by atoms with Crippen molar-refractivity contribution in [3.05, 3.63) is 57.8 Å². The van der Waals surface area contributed by atoms with E-state index in [-0.39, 0.29) is 11.9 Å². The van der Waals surface area contributed by atoms with Gasteiger partial charge in [-0.1, -0.05) is 6.07 Å². The van der Waals surface area contributed by atoms with Gasteiger partial charge in [0.05, 0.1) is 17.7 Å². The predicted octanol–water partition coefficient (Wildman–Crippen LogP) is 3.11. The van der Waals surface area contributed by atoms with Crippen LogP contribution in [0, 0.1) is 11.3 Å². The van der Waals surface area contributed by atoms with Crippen molar-refractivity contribution in [3.8, 4) is 6.07 Å². The van der Waals surface area contributed by atoms with Gasteiger partial charge >= 0.3 is 0 Å². The summed E-state index contributed by atoms with van der Waals surface area (Å²) in [5.41, 5.74) is 1.12. The molecule has 0 spiro atoms. The minimum absolute atomic E-state index is 0.00635. The number of nitriles is 1. The van der Waals surface area contributed by atoms with Gasteiger partial charge in [0.15, 0.2) is 0 Å². The van der Waals surface area contributed by atoms with Crippen molar-refractivity contribution in [1.82, 2.24) is 5.32 Å². The molecule has 0 radical (unpaired) electrons. The van der Waals surface area contributed by atoms with Crippen LogP contribution in [0.5, 0.6) is 0 Å². The first kappa shape index (κ1) is 12.3. The number of carbonyl (C=O) groups excluding carboxylic acids is 1. The van der Waals surface area contributed by atoms with Crippen molar-refractivity contribution >= 4 is 17.2 Å². The predicted molar refractivity (Wildman–Crippen MR) is 71.4 cm³/mol. The molecule has 18 heavy (non-hydrogen) atoms. The molecular formula is C14H12N2OS. The monoisotopic (exact) mass is 256 g/mol. The number of nitrogens with zero attached hydrogens (tertiary/aromatic N) is 1. The lowest BCUT2D eigenvalue weighted by Gasteiger charge is -2.12. The maximum Gasteiger partial charge on any atom is 0.251 e. The zero-order valence-corrected chi connectivity index (χ0v) is 10.7. The van der Waals surface area contributed by atoms with Crippen LogP contribution in [0.15, 0.2) is 41.8 Å². The number of hydrogen-bond donors (Lipinski definition) is 1. The second-order valence-electron chi connectivity index (χ2n) is 3.90. The van der Waals surface area contributed by atoms with E-state index in [1.54, 1.807) is 35.6 Å². The Labute approximate surface area is 110 Å².